The molecule has 0 fully saturated rings. The van der Waals surface area contributed by atoms with Crippen molar-refractivity contribution in [3.63, 3.8) is 0 Å². The molecule has 4 aromatic rings. The Balaban J connectivity index is 1.71. The van der Waals surface area contributed by atoms with E-state index in [-0.39, 0.29) is 5.69 Å². The van der Waals surface area contributed by atoms with Crippen LogP contribution in [0.25, 0.3) is 22.5 Å². The summed E-state index contributed by atoms with van der Waals surface area (Å²) in [4.78, 5) is 0.355. The summed E-state index contributed by atoms with van der Waals surface area (Å²) in [6.45, 7) is 0.421. The van der Waals surface area contributed by atoms with Crippen molar-refractivity contribution < 1.29 is 28.5 Å². The maximum Gasteiger partial charge on any atom is 0.256 e. The first-order valence-corrected chi connectivity index (χ1v) is 9.82. The minimum atomic E-state index is 0.212. The second-order valence-corrected chi connectivity index (χ2v) is 6.84. The van der Waals surface area contributed by atoms with E-state index in [0.717, 1.165) is 5.56 Å². The number of hydrogen-bond donors (Lipinski definition) is 0. The van der Waals surface area contributed by atoms with E-state index in [2.05, 4.69) is 5.16 Å². The quantitative estimate of drug-likeness (QED) is 0.383. The molecule has 8 heteroatoms. The highest BCUT2D eigenvalue weighted by atomic mass is 16.8. The minimum Gasteiger partial charge on any atom is -0.493 e. The fraction of sp³-hybridized carbons (Fsp3) is 0.167. The number of methoxy groups -OCH3 is 3. The number of rotatable bonds is 8. The summed E-state index contributed by atoms with van der Waals surface area (Å²) in [6, 6.07) is 20.5. The molecule has 0 unspecified atom stereocenters. The lowest BCUT2D eigenvalue weighted by molar-refractivity contribution is -0.793. The normalized spacial score (nSPS) is 10.6. The molecule has 1 aromatic heterocycles. The van der Waals surface area contributed by atoms with E-state index in [9.17, 15) is 5.21 Å². The van der Waals surface area contributed by atoms with Gasteiger partial charge in [0.2, 0.25) is 11.4 Å². The number of benzene rings is 3. The number of aromatic nitrogens is 2. The third-order valence-electron chi connectivity index (χ3n) is 4.91. The van der Waals surface area contributed by atoms with Gasteiger partial charge in [0, 0.05) is 16.3 Å². The lowest BCUT2D eigenvalue weighted by atomic mass is 10.0. The van der Waals surface area contributed by atoms with Crippen LogP contribution >= 0.6 is 0 Å². The first-order chi connectivity index (χ1) is 15.6. The summed E-state index contributed by atoms with van der Waals surface area (Å²) in [5.74, 6) is 1.89. The third kappa shape index (κ3) is 4.15. The largest absolute Gasteiger partial charge is 0.493 e. The summed E-state index contributed by atoms with van der Waals surface area (Å²) >= 11 is 0. The van der Waals surface area contributed by atoms with Crippen molar-refractivity contribution in [3.05, 3.63) is 77.5 Å². The number of hydrogen-bond acceptors (Lipinski definition) is 7. The maximum absolute atomic E-state index is 12.5. The molecule has 164 valence electrons. The third-order valence-corrected chi connectivity index (χ3v) is 4.91. The van der Waals surface area contributed by atoms with Crippen molar-refractivity contribution in [3.8, 4) is 45.5 Å². The highest BCUT2D eigenvalue weighted by molar-refractivity contribution is 5.78. The van der Waals surface area contributed by atoms with E-state index < -0.39 is 0 Å². The molecule has 0 atom stereocenters. The van der Waals surface area contributed by atoms with Gasteiger partial charge >= 0.3 is 0 Å². The van der Waals surface area contributed by atoms with E-state index in [1.54, 1.807) is 12.1 Å². The Morgan fingerprint density at radius 3 is 2.22 bits per heavy atom. The molecule has 3 aromatic carbocycles. The molecule has 0 amide bonds. The second-order valence-electron chi connectivity index (χ2n) is 6.84. The topological polar surface area (TPSA) is 89.9 Å². The van der Waals surface area contributed by atoms with Gasteiger partial charge in [0.15, 0.2) is 11.5 Å². The molecule has 8 nitrogen and oxygen atoms in total. The molecule has 0 aliphatic rings. The Kier molecular flexibility index (Phi) is 6.12. The highest BCUT2D eigenvalue weighted by Crippen LogP contribution is 2.42. The van der Waals surface area contributed by atoms with Gasteiger partial charge in [-0.25, -0.2) is 0 Å². The van der Waals surface area contributed by atoms with Gasteiger partial charge in [-0.3, -0.25) is 4.63 Å². The van der Waals surface area contributed by atoms with Crippen LogP contribution in [0, 0.1) is 5.21 Å². The Bertz CT molecular complexity index is 1180. The van der Waals surface area contributed by atoms with Crippen LogP contribution in [0.2, 0.25) is 0 Å². The van der Waals surface area contributed by atoms with Crippen molar-refractivity contribution >= 4 is 0 Å². The van der Waals surface area contributed by atoms with Crippen LogP contribution < -0.4 is 23.9 Å². The Morgan fingerprint density at radius 1 is 0.844 bits per heavy atom. The van der Waals surface area contributed by atoms with Crippen LogP contribution in [0.3, 0.4) is 0 Å². The first kappa shape index (κ1) is 21.0. The van der Waals surface area contributed by atoms with Crippen molar-refractivity contribution in [2.24, 2.45) is 0 Å². The van der Waals surface area contributed by atoms with Crippen molar-refractivity contribution in [1.29, 1.82) is 0 Å². The molecule has 0 aliphatic heterocycles. The van der Waals surface area contributed by atoms with Crippen LogP contribution in [0.1, 0.15) is 5.56 Å². The molecule has 0 saturated heterocycles. The van der Waals surface area contributed by atoms with Crippen LogP contribution in [0.4, 0.5) is 0 Å². The molecular weight excluding hydrogens is 412 g/mol. The molecule has 0 N–H and O–H groups in total. The Labute approximate surface area is 185 Å². The predicted octanol–water partition coefficient (Wildman–Crippen LogP) is 4.25. The van der Waals surface area contributed by atoms with Gasteiger partial charge in [-0.05, 0) is 34.7 Å². The molecule has 0 spiro atoms. The highest BCUT2D eigenvalue weighted by Gasteiger charge is 2.26. The van der Waals surface area contributed by atoms with Gasteiger partial charge in [0.05, 0.1) is 21.3 Å². The Hall–Kier alpha value is -4.20. The summed E-state index contributed by atoms with van der Waals surface area (Å²) in [6.07, 6.45) is 0. The van der Waals surface area contributed by atoms with Gasteiger partial charge < -0.3 is 24.2 Å². The van der Waals surface area contributed by atoms with E-state index in [4.69, 9.17) is 23.6 Å². The molecular formula is C24H22N2O6. The lowest BCUT2D eigenvalue weighted by Gasteiger charge is -2.13. The summed E-state index contributed by atoms with van der Waals surface area (Å²) in [7, 11) is 4.53. The predicted molar refractivity (Wildman–Crippen MR) is 117 cm³/mol. The SMILES string of the molecule is COc1cc(-c2c(-c3cccc(OCc4ccccc4)c3)no[n+]2[O-])cc(OC)c1OC. The standard InChI is InChI=1S/C24H22N2O6/c1-28-20-13-18(14-21(29-2)24(20)30-3)23-22(25-32-26(23)27)17-10-7-11-19(12-17)31-15-16-8-5-4-6-9-16/h4-14H,15H2,1-3H3. The zero-order valence-corrected chi connectivity index (χ0v) is 17.9. The van der Waals surface area contributed by atoms with E-state index >= 15 is 0 Å². The molecule has 0 radical (unpaired) electrons. The second kappa shape index (κ2) is 9.30. The monoisotopic (exact) mass is 434 g/mol. The molecule has 1 heterocycles. The van der Waals surface area contributed by atoms with Crippen LogP contribution in [-0.2, 0) is 6.61 Å². The zero-order chi connectivity index (χ0) is 22.5. The van der Waals surface area contributed by atoms with E-state index in [1.807, 2.05) is 54.6 Å². The number of ether oxygens (including phenoxy) is 4. The summed E-state index contributed by atoms with van der Waals surface area (Å²) < 4.78 is 27.0. The van der Waals surface area contributed by atoms with Crippen molar-refractivity contribution in [2.45, 2.75) is 6.61 Å². The van der Waals surface area contributed by atoms with Crippen molar-refractivity contribution in [2.75, 3.05) is 21.3 Å². The first-order valence-electron chi connectivity index (χ1n) is 9.82. The fourth-order valence-electron chi connectivity index (χ4n) is 3.37. The smallest absolute Gasteiger partial charge is 0.256 e. The summed E-state index contributed by atoms with van der Waals surface area (Å²) in [5, 5.41) is 16.5. The van der Waals surface area contributed by atoms with Gasteiger partial charge in [-0.1, -0.05) is 42.5 Å². The molecule has 0 aliphatic carbocycles. The van der Waals surface area contributed by atoms with E-state index in [0.29, 0.717) is 51.3 Å². The molecule has 0 bridgehead atoms. The van der Waals surface area contributed by atoms with Crippen molar-refractivity contribution in [1.82, 2.24) is 5.16 Å². The van der Waals surface area contributed by atoms with Crippen LogP contribution in [-0.4, -0.2) is 26.5 Å². The maximum atomic E-state index is 12.5. The number of nitrogens with zero attached hydrogens (tertiary/aromatic N) is 2. The molecule has 32 heavy (non-hydrogen) atoms. The van der Waals surface area contributed by atoms with E-state index in [1.165, 1.54) is 21.3 Å². The molecule has 4 rings (SSSR count). The average Bonchev–Trinajstić information content (AvgIpc) is 3.23. The fourth-order valence-corrected chi connectivity index (χ4v) is 3.37. The molecule has 0 saturated carbocycles. The van der Waals surface area contributed by atoms with Gasteiger partial charge in [-0.15, -0.1) is 0 Å². The van der Waals surface area contributed by atoms with Gasteiger partial charge in [0.1, 0.15) is 12.4 Å². The van der Waals surface area contributed by atoms with Gasteiger partial charge in [-0.2, -0.15) is 0 Å². The minimum absolute atomic E-state index is 0.212. The van der Waals surface area contributed by atoms with Crippen LogP contribution in [0.15, 0.2) is 71.4 Å². The van der Waals surface area contributed by atoms with Gasteiger partial charge in [0.25, 0.3) is 5.69 Å². The average molecular weight is 434 g/mol. The Morgan fingerprint density at radius 2 is 1.56 bits per heavy atom. The lowest BCUT2D eigenvalue weighted by Crippen LogP contribution is -2.25. The zero-order valence-electron chi connectivity index (χ0n) is 17.9. The van der Waals surface area contributed by atoms with Crippen LogP contribution in [0.5, 0.6) is 23.0 Å². The summed E-state index contributed by atoms with van der Waals surface area (Å²) in [5.41, 5.74) is 2.79.